The van der Waals surface area contributed by atoms with Crippen molar-refractivity contribution < 1.29 is 23.1 Å². The zero-order chi connectivity index (χ0) is 19.9. The number of carboxylic acids is 1. The maximum absolute atomic E-state index is 13.0. The number of benzene rings is 1. The summed E-state index contributed by atoms with van der Waals surface area (Å²) in [6, 6.07) is 2.21. The molecule has 1 aromatic rings. The molecule has 0 saturated carbocycles. The highest BCUT2D eigenvalue weighted by molar-refractivity contribution is 6.14. The Morgan fingerprint density at radius 1 is 1.37 bits per heavy atom. The van der Waals surface area contributed by atoms with Gasteiger partial charge in [-0.2, -0.15) is 13.2 Å². The van der Waals surface area contributed by atoms with Crippen LogP contribution in [0.1, 0.15) is 31.0 Å². The smallest absolute Gasteiger partial charge is 0.416 e. The summed E-state index contributed by atoms with van der Waals surface area (Å²) in [4.78, 5) is 20.0. The molecule has 0 spiro atoms. The number of carboxylic acid groups (broad SMARTS) is 1. The number of halogens is 3. The van der Waals surface area contributed by atoms with Crippen LogP contribution in [0.15, 0.2) is 51.5 Å². The Kier molecular flexibility index (Phi) is 4.54. The lowest BCUT2D eigenvalue weighted by atomic mass is 10.0. The number of hydrogen-bond donors (Lipinski definition) is 3. The number of aliphatic carboxylic acids is 1. The normalized spacial score (nSPS) is 21.7. The second-order valence-electron chi connectivity index (χ2n) is 6.35. The molecular formula is C18H17F3N4O2. The summed E-state index contributed by atoms with van der Waals surface area (Å²) in [7, 11) is 0. The summed E-state index contributed by atoms with van der Waals surface area (Å²) in [6.45, 7) is 3.34. The zero-order valence-electron chi connectivity index (χ0n) is 14.5. The number of nitrogens with two attached hydrogens (primary N) is 1. The third-order valence-corrected chi connectivity index (χ3v) is 4.23. The van der Waals surface area contributed by atoms with Gasteiger partial charge >= 0.3 is 12.1 Å². The predicted molar refractivity (Wildman–Crippen MR) is 95.5 cm³/mol. The van der Waals surface area contributed by atoms with Gasteiger partial charge in [0.2, 0.25) is 0 Å². The van der Waals surface area contributed by atoms with E-state index >= 15 is 0 Å². The van der Waals surface area contributed by atoms with Crippen molar-refractivity contribution in [3.63, 3.8) is 0 Å². The summed E-state index contributed by atoms with van der Waals surface area (Å²) in [5, 5.41) is 12.1. The van der Waals surface area contributed by atoms with E-state index < -0.39 is 29.8 Å². The molecule has 2 atom stereocenters. The molecule has 9 heteroatoms. The topological polar surface area (TPSA) is 100 Å². The van der Waals surface area contributed by atoms with E-state index in [1.54, 1.807) is 13.8 Å². The van der Waals surface area contributed by atoms with Crippen LogP contribution in [-0.4, -0.2) is 28.8 Å². The van der Waals surface area contributed by atoms with E-state index in [1.807, 2.05) is 0 Å². The highest BCUT2D eigenvalue weighted by Crippen LogP contribution is 2.34. The van der Waals surface area contributed by atoms with E-state index in [4.69, 9.17) is 10.8 Å². The lowest BCUT2D eigenvalue weighted by Crippen LogP contribution is -2.38. The van der Waals surface area contributed by atoms with Crippen molar-refractivity contribution in [3.8, 4) is 0 Å². The molecule has 1 aliphatic carbocycles. The second kappa shape index (κ2) is 6.57. The number of amidine groups is 2. The molecule has 1 aliphatic heterocycles. The maximum atomic E-state index is 13.0. The molecule has 4 N–H and O–H groups in total. The average molecular weight is 378 g/mol. The summed E-state index contributed by atoms with van der Waals surface area (Å²) < 4.78 is 39.1. The molecule has 1 unspecified atom stereocenters. The molecule has 1 heterocycles. The van der Waals surface area contributed by atoms with Gasteiger partial charge in [0.25, 0.3) is 0 Å². The zero-order valence-corrected chi connectivity index (χ0v) is 14.5. The van der Waals surface area contributed by atoms with Gasteiger partial charge in [-0.3, -0.25) is 9.98 Å². The van der Waals surface area contributed by atoms with Crippen LogP contribution in [0, 0.1) is 0 Å². The largest absolute Gasteiger partial charge is 0.478 e. The first-order valence-corrected chi connectivity index (χ1v) is 8.08. The van der Waals surface area contributed by atoms with E-state index in [-0.39, 0.29) is 11.3 Å². The first-order valence-electron chi connectivity index (χ1n) is 8.08. The van der Waals surface area contributed by atoms with Crippen molar-refractivity contribution in [3.05, 3.63) is 52.6 Å². The summed E-state index contributed by atoms with van der Waals surface area (Å²) in [5.41, 5.74) is 5.73. The fourth-order valence-electron chi connectivity index (χ4n) is 2.95. The number of alkyl halides is 3. The first-order chi connectivity index (χ1) is 12.5. The van der Waals surface area contributed by atoms with Crippen molar-refractivity contribution in [2.24, 2.45) is 9.98 Å². The molecule has 0 radical (unpaired) electrons. The van der Waals surface area contributed by atoms with Crippen LogP contribution in [0.25, 0.3) is 0 Å². The number of hydrogen-bond acceptors (Lipinski definition) is 4. The Morgan fingerprint density at radius 3 is 2.70 bits per heavy atom. The van der Waals surface area contributed by atoms with E-state index in [9.17, 15) is 18.0 Å². The molecule has 6 nitrogen and oxygen atoms in total. The Labute approximate surface area is 153 Å². The molecule has 3 rings (SSSR count). The molecule has 1 aromatic carbocycles. The Bertz CT molecular complexity index is 929. The van der Waals surface area contributed by atoms with Crippen LogP contribution in [-0.2, 0) is 11.0 Å². The minimum absolute atomic E-state index is 0.00555. The van der Waals surface area contributed by atoms with Gasteiger partial charge in [0.05, 0.1) is 29.1 Å². The number of anilines is 1. The summed E-state index contributed by atoms with van der Waals surface area (Å²) in [5.74, 6) is -0.166. The molecular weight excluding hydrogens is 361 g/mol. The second-order valence-corrected chi connectivity index (χ2v) is 6.35. The van der Waals surface area contributed by atoms with Gasteiger partial charge < -0.3 is 16.2 Å². The average Bonchev–Trinajstić information content (AvgIpc) is 2.97. The molecule has 2 aliphatic rings. The number of nitrogen functional groups attached to an aromatic ring is 1. The number of fused-ring (bicyclic) bond motifs is 1. The Morgan fingerprint density at radius 2 is 2.07 bits per heavy atom. The van der Waals surface area contributed by atoms with Crippen LogP contribution in [0.3, 0.4) is 0 Å². The van der Waals surface area contributed by atoms with E-state index in [2.05, 4.69) is 15.3 Å². The van der Waals surface area contributed by atoms with Gasteiger partial charge in [-0.1, -0.05) is 0 Å². The standard InChI is InChI=1S/C18H17F3N4O2/c1-8(10-3-12(18(19,20)21)7-13(22)4-10)23-16-14-5-11(17(26)27)6-15(14)24-9(2)25-16/h3-8,15H,22H2,1-2H3,(H,26,27)(H,23,24,25)/t8-,15?/m1/s1. The van der Waals surface area contributed by atoms with Crippen molar-refractivity contribution in [1.29, 1.82) is 0 Å². The molecule has 0 bridgehead atoms. The van der Waals surface area contributed by atoms with Crippen LogP contribution in [0.2, 0.25) is 0 Å². The van der Waals surface area contributed by atoms with E-state index in [0.717, 1.165) is 12.1 Å². The molecule has 27 heavy (non-hydrogen) atoms. The SMILES string of the molecule is CC1=NC2C=C(C(=O)O)C=C2C(=N[C@H](C)c2cc(N)cc(C(F)(F)F)c2)N1. The van der Waals surface area contributed by atoms with Gasteiger partial charge in [0, 0.05) is 11.3 Å². The van der Waals surface area contributed by atoms with E-state index in [1.165, 1.54) is 18.2 Å². The Hall–Kier alpha value is -3.10. The number of aliphatic imine (C=N–C) groups is 2. The van der Waals surface area contributed by atoms with Crippen LogP contribution < -0.4 is 11.1 Å². The predicted octanol–water partition coefficient (Wildman–Crippen LogP) is 3.09. The van der Waals surface area contributed by atoms with Crippen LogP contribution >= 0.6 is 0 Å². The Balaban J connectivity index is 1.97. The fourth-order valence-corrected chi connectivity index (χ4v) is 2.95. The van der Waals surface area contributed by atoms with Crippen LogP contribution in [0.4, 0.5) is 18.9 Å². The van der Waals surface area contributed by atoms with Gasteiger partial charge in [-0.15, -0.1) is 0 Å². The van der Waals surface area contributed by atoms with Gasteiger partial charge in [0.1, 0.15) is 5.84 Å². The van der Waals surface area contributed by atoms with Gasteiger partial charge in [-0.25, -0.2) is 4.79 Å². The molecule has 0 fully saturated rings. The summed E-state index contributed by atoms with van der Waals surface area (Å²) in [6.07, 6.45) is -1.55. The van der Waals surface area contributed by atoms with Crippen molar-refractivity contribution in [2.45, 2.75) is 32.1 Å². The van der Waals surface area contributed by atoms with Crippen molar-refractivity contribution in [2.75, 3.05) is 5.73 Å². The maximum Gasteiger partial charge on any atom is 0.416 e. The molecule has 142 valence electrons. The minimum atomic E-state index is -4.51. The lowest BCUT2D eigenvalue weighted by Gasteiger charge is -2.22. The highest BCUT2D eigenvalue weighted by atomic mass is 19.4. The molecule has 0 amide bonds. The number of rotatable bonds is 3. The molecule has 0 aromatic heterocycles. The summed E-state index contributed by atoms with van der Waals surface area (Å²) >= 11 is 0. The lowest BCUT2D eigenvalue weighted by molar-refractivity contribution is -0.137. The quantitative estimate of drug-likeness (QED) is 0.704. The first kappa shape index (κ1) is 18.7. The van der Waals surface area contributed by atoms with Crippen molar-refractivity contribution in [1.82, 2.24) is 5.32 Å². The fraction of sp³-hybridized carbons (Fsp3) is 0.278. The van der Waals surface area contributed by atoms with Crippen molar-refractivity contribution >= 4 is 23.3 Å². The third kappa shape index (κ3) is 3.86. The highest BCUT2D eigenvalue weighted by Gasteiger charge is 2.32. The number of nitrogens with zero attached hydrogens (tertiary/aromatic N) is 2. The number of nitrogens with one attached hydrogen (secondary N) is 1. The van der Waals surface area contributed by atoms with E-state index in [0.29, 0.717) is 22.8 Å². The van der Waals surface area contributed by atoms with Crippen LogP contribution in [0.5, 0.6) is 0 Å². The van der Waals surface area contributed by atoms with Gasteiger partial charge in [0.15, 0.2) is 0 Å². The third-order valence-electron chi connectivity index (χ3n) is 4.23. The molecule has 0 saturated heterocycles. The monoisotopic (exact) mass is 378 g/mol. The van der Waals surface area contributed by atoms with Gasteiger partial charge in [-0.05, 0) is 49.8 Å². The minimum Gasteiger partial charge on any atom is -0.478 e. The number of carbonyl (C=O) groups is 1.